The van der Waals surface area contributed by atoms with Crippen LogP contribution in [0.1, 0.15) is 13.8 Å². The first-order valence-corrected chi connectivity index (χ1v) is 16.0. The molecule has 0 saturated heterocycles. The van der Waals surface area contributed by atoms with Crippen molar-refractivity contribution in [1.29, 1.82) is 0 Å². The van der Waals surface area contributed by atoms with E-state index in [1.54, 1.807) is 0 Å². The van der Waals surface area contributed by atoms with Crippen LogP contribution in [0.15, 0.2) is 24.8 Å². The Hall–Kier alpha value is -0.407. The second-order valence-corrected chi connectivity index (χ2v) is 17.9. The molecular weight excluding hydrogens is 397 g/mol. The van der Waals surface area contributed by atoms with Crippen molar-refractivity contribution < 1.29 is 17.1 Å². The molecule has 2 rings (SSSR count). The summed E-state index contributed by atoms with van der Waals surface area (Å²) >= 11 is 0. The second-order valence-electron chi connectivity index (χ2n) is 8.27. The molecule has 0 fully saturated rings. The van der Waals surface area contributed by atoms with Crippen LogP contribution in [0, 0.1) is 13.3 Å². The smallest absolute Gasteiger partial charge is 0.668 e. The average molecular weight is 438 g/mol. The fraction of sp³-hybridized carbons (Fsp3) is 0.667. The average Bonchev–Trinajstić information content (AvgIpc) is 3.04. The molecule has 0 aromatic heterocycles. The van der Waals surface area contributed by atoms with E-state index in [-0.39, 0.29) is 17.1 Å². The summed E-state index contributed by atoms with van der Waals surface area (Å²) in [5.74, 6) is 0. The molecule has 5 nitrogen and oxygen atoms in total. The summed E-state index contributed by atoms with van der Waals surface area (Å²) in [6.07, 6.45) is 8.17. The Balaban J connectivity index is 0. The first kappa shape index (κ1) is 27.8. The monoisotopic (exact) mass is 437 g/mol. The Bertz CT molecular complexity index is 381. The van der Waals surface area contributed by atoms with Crippen molar-refractivity contribution >= 4 is 16.5 Å². The third kappa shape index (κ3) is 15.8. The predicted molar refractivity (Wildman–Crippen MR) is 117 cm³/mol. The number of nitrogens with zero attached hydrogens (tertiary/aromatic N) is 5. The third-order valence-corrected chi connectivity index (χ3v) is 8.42. The van der Waals surface area contributed by atoms with E-state index >= 15 is 0 Å². The van der Waals surface area contributed by atoms with E-state index in [0.717, 1.165) is 13.1 Å². The van der Waals surface area contributed by atoms with Crippen LogP contribution >= 0.6 is 0 Å². The van der Waals surface area contributed by atoms with Gasteiger partial charge < -0.3 is 24.2 Å². The molecule has 0 radical (unpaired) electrons. The predicted octanol–water partition coefficient (Wildman–Crippen LogP) is 4.72. The Morgan fingerprint density at radius 3 is 1.08 bits per heavy atom. The molecule has 8 heteroatoms. The van der Waals surface area contributed by atoms with Crippen LogP contribution in [0.4, 0.5) is 0 Å². The van der Waals surface area contributed by atoms with Gasteiger partial charge in [-0.25, -0.2) is 0 Å². The van der Waals surface area contributed by atoms with E-state index in [4.69, 9.17) is 4.65 Å². The van der Waals surface area contributed by atoms with Crippen molar-refractivity contribution in [3.8, 4) is 0 Å². The van der Waals surface area contributed by atoms with Gasteiger partial charge in [-0.15, -0.1) is 0 Å². The van der Waals surface area contributed by atoms with Crippen LogP contribution in [0.3, 0.4) is 0 Å². The minimum absolute atomic E-state index is 0. The molecule has 26 heavy (non-hydrogen) atoms. The molecule has 0 spiro atoms. The summed E-state index contributed by atoms with van der Waals surface area (Å²) in [6.45, 7) is 24.3. The maximum Gasteiger partial charge on any atom is 3.00 e. The van der Waals surface area contributed by atoms with Crippen LogP contribution in [-0.4, -0.2) is 63.3 Å². The molecular formula is C18H40MnN5Si2. The van der Waals surface area contributed by atoms with E-state index in [9.17, 15) is 0 Å². The fourth-order valence-corrected chi connectivity index (χ4v) is 10.4. The molecule has 2 aliphatic rings. The minimum atomic E-state index is -1.11. The van der Waals surface area contributed by atoms with Crippen molar-refractivity contribution in [3.05, 3.63) is 42.8 Å². The topological polar surface area (TPSA) is 27.1 Å². The maximum atomic E-state index is 4.82. The Kier molecular flexibility index (Phi) is 13.8. The van der Waals surface area contributed by atoms with Crippen molar-refractivity contribution in [2.45, 2.75) is 53.1 Å². The van der Waals surface area contributed by atoms with Gasteiger partial charge in [-0.2, -0.15) is 13.3 Å². The zero-order valence-corrected chi connectivity index (χ0v) is 21.7. The second kappa shape index (κ2) is 12.9. The van der Waals surface area contributed by atoms with Crippen LogP contribution in [0.25, 0.3) is 4.65 Å². The van der Waals surface area contributed by atoms with Crippen LogP contribution in [0.2, 0.25) is 39.3 Å². The van der Waals surface area contributed by atoms with Gasteiger partial charge in [0, 0.05) is 0 Å². The Labute approximate surface area is 176 Å². The van der Waals surface area contributed by atoms with Crippen LogP contribution < -0.4 is 0 Å². The fourth-order valence-electron chi connectivity index (χ4n) is 2.38. The maximum absolute atomic E-state index is 4.82. The number of hydrogen-bond acceptors (Lipinski definition) is 4. The van der Waals surface area contributed by atoms with Crippen molar-refractivity contribution in [3.63, 3.8) is 0 Å². The van der Waals surface area contributed by atoms with Crippen molar-refractivity contribution in [1.82, 2.24) is 19.6 Å². The summed E-state index contributed by atoms with van der Waals surface area (Å²) in [6, 6.07) is 0. The number of rotatable bonds is 4. The summed E-state index contributed by atoms with van der Waals surface area (Å²) in [4.78, 5) is 8.31. The van der Waals surface area contributed by atoms with Gasteiger partial charge in [0.15, 0.2) is 0 Å². The molecule has 0 bridgehead atoms. The zero-order valence-electron chi connectivity index (χ0n) is 18.5. The molecule has 0 N–H and O–H groups in total. The Morgan fingerprint density at radius 2 is 1.00 bits per heavy atom. The summed E-state index contributed by atoms with van der Waals surface area (Å²) < 4.78 is 4.82. The van der Waals surface area contributed by atoms with E-state index in [0.29, 0.717) is 0 Å². The van der Waals surface area contributed by atoms with Gasteiger partial charge in [-0.05, 0) is 52.0 Å². The quantitative estimate of drug-likeness (QED) is 0.470. The molecule has 2 heterocycles. The Morgan fingerprint density at radius 1 is 0.692 bits per heavy atom. The molecule has 0 aromatic rings. The van der Waals surface area contributed by atoms with Gasteiger partial charge in [0.05, 0.1) is 0 Å². The largest absolute Gasteiger partial charge is 3.00 e. The first-order chi connectivity index (χ1) is 11.4. The van der Waals surface area contributed by atoms with Gasteiger partial charge in [0.25, 0.3) is 0 Å². The van der Waals surface area contributed by atoms with E-state index in [1.807, 2.05) is 36.3 Å². The standard InChI is InChI=1S/2C6H11N2.C6H18NSi2.Mn/c2*1-3-8-5-4-7(2)6-8;1-8(2,3)7-9(4,5)6;/h2*4-6H,3H2,1-2H3;1-6H3;/q3*-1;+3. The van der Waals surface area contributed by atoms with Crippen molar-refractivity contribution in [2.24, 2.45) is 0 Å². The third-order valence-electron chi connectivity index (χ3n) is 3.05. The summed E-state index contributed by atoms with van der Waals surface area (Å²) in [7, 11) is 1.83. The molecule has 152 valence electrons. The molecule has 0 atom stereocenters. The summed E-state index contributed by atoms with van der Waals surface area (Å²) in [5.41, 5.74) is 0. The first-order valence-electron chi connectivity index (χ1n) is 9.12. The van der Waals surface area contributed by atoms with Crippen molar-refractivity contribution in [2.75, 3.05) is 27.2 Å². The van der Waals surface area contributed by atoms with Gasteiger partial charge in [0.1, 0.15) is 0 Å². The van der Waals surface area contributed by atoms with Crippen LogP contribution in [0.5, 0.6) is 0 Å². The SMILES string of the molecule is CCN1C=CN(C)[CH-]1.CCN1C=CN(C)[CH-]1.C[Si](C)(C)[N-][Si](C)(C)C.[Mn+3]. The van der Waals surface area contributed by atoms with E-state index < -0.39 is 16.5 Å². The normalized spacial score (nSPS) is 16.1. The summed E-state index contributed by atoms with van der Waals surface area (Å²) in [5, 5.41) is 0. The zero-order chi connectivity index (χ0) is 19.7. The van der Waals surface area contributed by atoms with E-state index in [1.165, 1.54) is 0 Å². The van der Waals surface area contributed by atoms with Gasteiger partial charge >= 0.3 is 17.1 Å². The molecule has 0 amide bonds. The van der Waals surface area contributed by atoms with Gasteiger partial charge in [-0.3, -0.25) is 0 Å². The molecule has 2 aliphatic heterocycles. The number of hydrogen-bond donors (Lipinski definition) is 0. The van der Waals surface area contributed by atoms with Crippen LogP contribution in [-0.2, 0) is 17.1 Å². The van der Waals surface area contributed by atoms with Gasteiger partial charge in [0.2, 0.25) is 0 Å². The minimum Gasteiger partial charge on any atom is -0.668 e. The van der Waals surface area contributed by atoms with E-state index in [2.05, 4.69) is 88.7 Å². The molecule has 0 unspecified atom stereocenters. The molecule has 0 aromatic carbocycles. The van der Waals surface area contributed by atoms with Gasteiger partial charge in [-0.1, -0.05) is 69.6 Å². The molecule has 0 aliphatic carbocycles. The molecule has 0 saturated carbocycles.